The molecular weight excluding hydrogens is 274 g/mol. The van der Waals surface area contributed by atoms with Gasteiger partial charge in [-0.3, -0.25) is 0 Å². The Morgan fingerprint density at radius 1 is 1.14 bits per heavy atom. The molecule has 1 nitrogen and oxygen atoms in total. The first kappa shape index (κ1) is 14.3. The first-order valence-electron chi connectivity index (χ1n) is 8.70. The number of hydrogen-bond acceptors (Lipinski definition) is 2. The second-order valence-corrected chi connectivity index (χ2v) is 10.3. The molecule has 116 valence electrons. The SMILES string of the molecule is CCc1ccc(C(N)C23CC4CC(C)(CC(C)(C4)C2)C3)s1. The number of nitrogens with two attached hydrogens (primary N) is 1. The van der Waals surface area contributed by atoms with E-state index >= 15 is 0 Å². The van der Waals surface area contributed by atoms with E-state index in [4.69, 9.17) is 5.73 Å². The van der Waals surface area contributed by atoms with Crippen molar-refractivity contribution in [1.29, 1.82) is 0 Å². The van der Waals surface area contributed by atoms with Crippen molar-refractivity contribution in [1.82, 2.24) is 0 Å². The first-order valence-corrected chi connectivity index (χ1v) is 9.51. The predicted octanol–water partition coefficient (Wildman–Crippen LogP) is 5.31. The fourth-order valence-corrected chi connectivity index (χ4v) is 8.03. The summed E-state index contributed by atoms with van der Waals surface area (Å²) < 4.78 is 0. The highest BCUT2D eigenvalue weighted by Gasteiger charge is 2.61. The summed E-state index contributed by atoms with van der Waals surface area (Å²) in [6.45, 7) is 7.33. The van der Waals surface area contributed by atoms with E-state index in [1.54, 1.807) is 0 Å². The zero-order valence-electron chi connectivity index (χ0n) is 13.7. The van der Waals surface area contributed by atoms with E-state index in [1.807, 2.05) is 11.3 Å². The first-order chi connectivity index (χ1) is 9.85. The smallest absolute Gasteiger partial charge is 0.0447 e. The normalized spacial score (nSPS) is 46.0. The van der Waals surface area contributed by atoms with Crippen LogP contribution in [0.1, 0.15) is 75.1 Å². The number of thiophene rings is 1. The van der Waals surface area contributed by atoms with Crippen molar-refractivity contribution >= 4 is 11.3 Å². The predicted molar refractivity (Wildman–Crippen MR) is 90.5 cm³/mol. The van der Waals surface area contributed by atoms with Crippen LogP contribution >= 0.6 is 11.3 Å². The lowest BCUT2D eigenvalue weighted by atomic mass is 9.39. The summed E-state index contributed by atoms with van der Waals surface area (Å²) in [6, 6.07) is 4.88. The third kappa shape index (κ3) is 2.13. The minimum atomic E-state index is 0.268. The molecule has 5 rings (SSSR count). The molecule has 0 radical (unpaired) electrons. The monoisotopic (exact) mass is 303 g/mol. The maximum atomic E-state index is 6.89. The van der Waals surface area contributed by atoms with Crippen LogP contribution in [0.25, 0.3) is 0 Å². The summed E-state index contributed by atoms with van der Waals surface area (Å²) >= 11 is 1.96. The van der Waals surface area contributed by atoms with Gasteiger partial charge in [0, 0.05) is 15.8 Å². The van der Waals surface area contributed by atoms with E-state index in [0.717, 1.165) is 12.3 Å². The molecule has 0 aliphatic heterocycles. The summed E-state index contributed by atoms with van der Waals surface area (Å²) in [6.07, 6.45) is 9.62. The van der Waals surface area contributed by atoms with Crippen LogP contribution in [0.15, 0.2) is 12.1 Å². The summed E-state index contributed by atoms with van der Waals surface area (Å²) in [7, 11) is 0. The molecule has 1 aromatic heterocycles. The highest BCUT2D eigenvalue weighted by Crippen LogP contribution is 2.72. The largest absolute Gasteiger partial charge is 0.323 e. The Bertz CT molecular complexity index is 542. The van der Waals surface area contributed by atoms with Gasteiger partial charge >= 0.3 is 0 Å². The molecular formula is C19H29NS. The van der Waals surface area contributed by atoms with E-state index in [2.05, 4.69) is 32.9 Å². The molecule has 4 aliphatic rings. The van der Waals surface area contributed by atoms with Crippen LogP contribution in [0.3, 0.4) is 0 Å². The number of aryl methyl sites for hydroxylation is 1. The number of hydrogen-bond donors (Lipinski definition) is 1. The average Bonchev–Trinajstić information content (AvgIpc) is 2.81. The van der Waals surface area contributed by atoms with Gasteiger partial charge in [0.25, 0.3) is 0 Å². The lowest BCUT2D eigenvalue weighted by molar-refractivity contribution is -0.154. The molecule has 1 heterocycles. The molecule has 4 bridgehead atoms. The van der Waals surface area contributed by atoms with Crippen LogP contribution in [-0.4, -0.2) is 0 Å². The van der Waals surface area contributed by atoms with Crippen molar-refractivity contribution in [3.05, 3.63) is 21.9 Å². The molecule has 2 heteroatoms. The van der Waals surface area contributed by atoms with Gasteiger partial charge in [-0.25, -0.2) is 0 Å². The fraction of sp³-hybridized carbons (Fsp3) is 0.789. The molecule has 0 amide bonds. The van der Waals surface area contributed by atoms with Gasteiger partial charge in [0.2, 0.25) is 0 Å². The van der Waals surface area contributed by atoms with E-state index in [-0.39, 0.29) is 6.04 Å². The van der Waals surface area contributed by atoms with Crippen molar-refractivity contribution in [3.8, 4) is 0 Å². The Kier molecular flexibility index (Phi) is 2.96. The lowest BCUT2D eigenvalue weighted by Crippen LogP contribution is -2.57. The molecule has 0 aromatic carbocycles. The Labute approximate surface area is 133 Å². The summed E-state index contributed by atoms with van der Waals surface area (Å²) in [5.74, 6) is 0.938. The van der Waals surface area contributed by atoms with Crippen LogP contribution in [0.4, 0.5) is 0 Å². The molecule has 4 aliphatic carbocycles. The Hall–Kier alpha value is -0.340. The van der Waals surface area contributed by atoms with Crippen molar-refractivity contribution in [3.63, 3.8) is 0 Å². The van der Waals surface area contributed by atoms with E-state index in [0.29, 0.717) is 16.2 Å². The highest BCUT2D eigenvalue weighted by molar-refractivity contribution is 7.12. The Morgan fingerprint density at radius 3 is 2.33 bits per heavy atom. The fourth-order valence-electron chi connectivity index (χ4n) is 6.94. The molecule has 3 unspecified atom stereocenters. The molecule has 21 heavy (non-hydrogen) atoms. The maximum Gasteiger partial charge on any atom is 0.0447 e. The van der Waals surface area contributed by atoms with Crippen molar-refractivity contribution in [2.75, 3.05) is 0 Å². The molecule has 3 atom stereocenters. The van der Waals surface area contributed by atoms with Crippen molar-refractivity contribution in [2.45, 2.75) is 71.8 Å². The number of rotatable bonds is 3. The van der Waals surface area contributed by atoms with Gasteiger partial charge in [-0.05, 0) is 79.2 Å². The topological polar surface area (TPSA) is 26.0 Å². The summed E-state index contributed by atoms with van der Waals surface area (Å²) in [4.78, 5) is 2.93. The third-order valence-corrected chi connectivity index (χ3v) is 7.98. The molecule has 0 saturated heterocycles. The second-order valence-electron chi connectivity index (χ2n) is 9.13. The van der Waals surface area contributed by atoms with Gasteiger partial charge in [-0.1, -0.05) is 20.8 Å². The van der Waals surface area contributed by atoms with Crippen LogP contribution in [0, 0.1) is 22.2 Å². The summed E-state index contributed by atoms with van der Waals surface area (Å²) in [5.41, 5.74) is 8.41. The standard InChI is InChI=1S/C19H29NS/c1-4-14-5-6-15(21-14)16(20)19-9-13-7-17(2,11-19)10-18(3,8-13)12-19/h5-6,13,16H,4,7-12,20H2,1-3H3. The van der Waals surface area contributed by atoms with Crippen LogP contribution < -0.4 is 5.73 Å². The average molecular weight is 304 g/mol. The minimum Gasteiger partial charge on any atom is -0.323 e. The minimum absolute atomic E-state index is 0.268. The zero-order chi connectivity index (χ0) is 14.9. The molecule has 2 N–H and O–H groups in total. The lowest BCUT2D eigenvalue weighted by Gasteiger charge is -2.66. The Balaban J connectivity index is 1.70. The quantitative estimate of drug-likeness (QED) is 0.805. The second kappa shape index (κ2) is 4.35. The van der Waals surface area contributed by atoms with Crippen molar-refractivity contribution < 1.29 is 0 Å². The molecule has 4 saturated carbocycles. The van der Waals surface area contributed by atoms with Gasteiger partial charge in [-0.15, -0.1) is 11.3 Å². The highest BCUT2D eigenvalue weighted by atomic mass is 32.1. The third-order valence-electron chi connectivity index (χ3n) is 6.67. The summed E-state index contributed by atoms with van der Waals surface area (Å²) in [5, 5.41) is 0. The molecule has 0 spiro atoms. The van der Waals surface area contributed by atoms with E-state index < -0.39 is 0 Å². The Morgan fingerprint density at radius 2 is 1.81 bits per heavy atom. The van der Waals surface area contributed by atoms with Crippen LogP contribution in [0.5, 0.6) is 0 Å². The maximum absolute atomic E-state index is 6.89. The molecule has 4 fully saturated rings. The van der Waals surface area contributed by atoms with E-state index in [9.17, 15) is 0 Å². The van der Waals surface area contributed by atoms with Gasteiger partial charge in [0.05, 0.1) is 0 Å². The van der Waals surface area contributed by atoms with Gasteiger partial charge in [0.1, 0.15) is 0 Å². The van der Waals surface area contributed by atoms with Gasteiger partial charge in [0.15, 0.2) is 0 Å². The van der Waals surface area contributed by atoms with Gasteiger partial charge < -0.3 is 5.73 Å². The van der Waals surface area contributed by atoms with E-state index in [1.165, 1.54) is 48.3 Å². The zero-order valence-corrected chi connectivity index (χ0v) is 14.6. The van der Waals surface area contributed by atoms with Crippen molar-refractivity contribution in [2.24, 2.45) is 27.9 Å². The molecule has 1 aromatic rings. The van der Waals surface area contributed by atoms with Crippen LogP contribution in [0.2, 0.25) is 0 Å². The van der Waals surface area contributed by atoms with Crippen LogP contribution in [-0.2, 0) is 6.42 Å². The van der Waals surface area contributed by atoms with Gasteiger partial charge in [-0.2, -0.15) is 0 Å².